The summed E-state index contributed by atoms with van der Waals surface area (Å²) in [6.45, 7) is 3.16. The molecule has 3 nitrogen and oxygen atoms in total. The molecule has 0 bridgehead atoms. The van der Waals surface area contributed by atoms with Crippen LogP contribution in [-0.4, -0.2) is 30.5 Å². The van der Waals surface area contributed by atoms with Crippen LogP contribution < -0.4 is 0 Å². The van der Waals surface area contributed by atoms with E-state index in [1.165, 1.54) is 0 Å². The van der Waals surface area contributed by atoms with Gasteiger partial charge in [-0.25, -0.2) is 0 Å². The fourth-order valence-corrected chi connectivity index (χ4v) is 1.17. The Kier molecular flexibility index (Phi) is 6.52. The minimum atomic E-state index is -4.18. The van der Waals surface area contributed by atoms with Crippen molar-refractivity contribution in [2.75, 3.05) is 13.2 Å². The first-order chi connectivity index (χ1) is 7.65. The largest absolute Gasteiger partial charge is 0.481 e. The van der Waals surface area contributed by atoms with Crippen LogP contribution in [0.5, 0.6) is 0 Å². The average Bonchev–Trinajstić information content (AvgIpc) is 2.14. The van der Waals surface area contributed by atoms with Gasteiger partial charge in [0.25, 0.3) is 0 Å². The van der Waals surface area contributed by atoms with E-state index in [1.54, 1.807) is 13.8 Å². The van der Waals surface area contributed by atoms with Gasteiger partial charge in [0.2, 0.25) is 0 Å². The molecule has 0 rings (SSSR count). The fraction of sp³-hybridized carbons (Fsp3) is 0.909. The summed E-state index contributed by atoms with van der Waals surface area (Å²) in [6, 6.07) is 0. The number of hydrogen-bond acceptors (Lipinski definition) is 2. The third-order valence-corrected chi connectivity index (χ3v) is 2.45. The molecule has 0 fully saturated rings. The van der Waals surface area contributed by atoms with Crippen LogP contribution >= 0.6 is 0 Å². The van der Waals surface area contributed by atoms with Gasteiger partial charge in [0.1, 0.15) is 0 Å². The lowest BCUT2D eigenvalue weighted by Crippen LogP contribution is -2.23. The molecule has 0 aliphatic heterocycles. The Morgan fingerprint density at radius 3 is 2.18 bits per heavy atom. The molecule has 0 aromatic rings. The van der Waals surface area contributed by atoms with Crippen molar-refractivity contribution in [2.24, 2.45) is 5.41 Å². The highest BCUT2D eigenvalue weighted by Crippen LogP contribution is 2.23. The first kappa shape index (κ1) is 16.2. The third-order valence-electron chi connectivity index (χ3n) is 2.45. The highest BCUT2D eigenvalue weighted by molar-refractivity contribution is 5.73. The smallest absolute Gasteiger partial charge is 0.391 e. The van der Waals surface area contributed by atoms with E-state index in [9.17, 15) is 18.0 Å². The van der Waals surface area contributed by atoms with E-state index in [1.807, 2.05) is 0 Å². The Morgan fingerprint density at radius 1 is 1.12 bits per heavy atom. The average molecular weight is 256 g/mol. The number of hydrogen-bond donors (Lipinski definition) is 1. The molecule has 0 saturated carbocycles. The molecule has 0 aliphatic rings. The number of alkyl halides is 3. The number of carboxylic acid groups (broad SMARTS) is 1. The van der Waals surface area contributed by atoms with Gasteiger partial charge < -0.3 is 9.84 Å². The molecule has 0 aromatic heterocycles. The van der Waals surface area contributed by atoms with Crippen LogP contribution in [0.2, 0.25) is 0 Å². The summed E-state index contributed by atoms with van der Waals surface area (Å²) in [7, 11) is 0. The Morgan fingerprint density at radius 2 is 1.71 bits per heavy atom. The number of ether oxygens (including phenoxy) is 1. The van der Waals surface area contributed by atoms with Gasteiger partial charge in [-0.05, 0) is 26.7 Å². The molecule has 1 N–H and O–H groups in total. The van der Waals surface area contributed by atoms with Gasteiger partial charge in [-0.3, -0.25) is 4.79 Å². The second-order valence-corrected chi connectivity index (χ2v) is 4.62. The molecule has 0 atom stereocenters. The zero-order valence-electron chi connectivity index (χ0n) is 10.1. The molecule has 0 heterocycles. The monoisotopic (exact) mass is 256 g/mol. The summed E-state index contributed by atoms with van der Waals surface area (Å²) in [5.41, 5.74) is -0.786. The second-order valence-electron chi connectivity index (χ2n) is 4.62. The zero-order valence-corrected chi connectivity index (χ0v) is 10.1. The van der Waals surface area contributed by atoms with Gasteiger partial charge in [-0.2, -0.15) is 13.2 Å². The van der Waals surface area contributed by atoms with Gasteiger partial charge in [0.15, 0.2) is 0 Å². The molecule has 0 aromatic carbocycles. The SMILES string of the molecule is CC(C)(CCCCOCCC(F)(F)F)C(=O)O. The molecule has 0 aliphatic carbocycles. The number of aliphatic carboxylic acids is 1. The Bertz CT molecular complexity index is 237. The molecule has 0 amide bonds. The standard InChI is InChI=1S/C11H19F3O3/c1-10(2,9(15)16)5-3-4-7-17-8-6-11(12,13)14/h3-8H2,1-2H3,(H,15,16). The van der Waals surface area contributed by atoms with Gasteiger partial charge in [-0.15, -0.1) is 0 Å². The van der Waals surface area contributed by atoms with E-state index in [4.69, 9.17) is 9.84 Å². The van der Waals surface area contributed by atoms with Crippen LogP contribution in [0, 0.1) is 5.41 Å². The Hall–Kier alpha value is -0.780. The molecular weight excluding hydrogens is 237 g/mol. The molecule has 0 saturated heterocycles. The number of halogens is 3. The lowest BCUT2D eigenvalue weighted by molar-refractivity contribution is -0.148. The van der Waals surface area contributed by atoms with Crippen molar-refractivity contribution < 1.29 is 27.8 Å². The first-order valence-corrected chi connectivity index (χ1v) is 5.53. The highest BCUT2D eigenvalue weighted by atomic mass is 19.4. The van der Waals surface area contributed by atoms with Crippen molar-refractivity contribution in [1.82, 2.24) is 0 Å². The summed E-state index contributed by atoms with van der Waals surface area (Å²) in [4.78, 5) is 10.7. The summed E-state index contributed by atoms with van der Waals surface area (Å²) < 4.78 is 40.0. The van der Waals surface area contributed by atoms with Crippen molar-refractivity contribution in [3.8, 4) is 0 Å². The van der Waals surface area contributed by atoms with Gasteiger partial charge in [0, 0.05) is 6.61 Å². The quantitative estimate of drug-likeness (QED) is 0.678. The van der Waals surface area contributed by atoms with E-state index >= 15 is 0 Å². The summed E-state index contributed by atoms with van der Waals surface area (Å²) in [6.07, 6.45) is -3.41. The van der Waals surface area contributed by atoms with Crippen LogP contribution in [0.15, 0.2) is 0 Å². The lowest BCUT2D eigenvalue weighted by Gasteiger charge is -2.18. The molecule has 0 spiro atoms. The van der Waals surface area contributed by atoms with E-state index in [-0.39, 0.29) is 13.2 Å². The predicted octanol–water partition coefficient (Wildman–Crippen LogP) is 3.24. The van der Waals surface area contributed by atoms with Gasteiger partial charge in [-0.1, -0.05) is 6.42 Å². The molecule has 17 heavy (non-hydrogen) atoms. The molecule has 6 heteroatoms. The number of rotatable bonds is 8. The normalized spacial score (nSPS) is 12.8. The van der Waals surface area contributed by atoms with Crippen LogP contribution in [0.1, 0.15) is 39.5 Å². The van der Waals surface area contributed by atoms with Gasteiger partial charge in [0.05, 0.1) is 18.4 Å². The van der Waals surface area contributed by atoms with E-state index in [0.29, 0.717) is 19.3 Å². The van der Waals surface area contributed by atoms with Crippen molar-refractivity contribution >= 4 is 5.97 Å². The third kappa shape index (κ3) is 8.97. The molecule has 102 valence electrons. The number of unbranched alkanes of at least 4 members (excludes halogenated alkanes) is 1. The highest BCUT2D eigenvalue weighted by Gasteiger charge is 2.27. The topological polar surface area (TPSA) is 46.5 Å². The number of carbonyl (C=O) groups is 1. The maximum absolute atomic E-state index is 11.7. The van der Waals surface area contributed by atoms with Gasteiger partial charge >= 0.3 is 12.1 Å². The zero-order chi connectivity index (χ0) is 13.5. The van der Waals surface area contributed by atoms with Crippen molar-refractivity contribution in [3.05, 3.63) is 0 Å². The molecule has 0 unspecified atom stereocenters. The van der Waals surface area contributed by atoms with Crippen LogP contribution in [0.25, 0.3) is 0 Å². The Labute approximate surface area is 99.0 Å². The maximum atomic E-state index is 11.7. The van der Waals surface area contributed by atoms with Crippen molar-refractivity contribution in [1.29, 1.82) is 0 Å². The number of carboxylic acids is 1. The summed E-state index contributed by atoms with van der Waals surface area (Å²) in [5, 5.41) is 8.82. The fourth-order valence-electron chi connectivity index (χ4n) is 1.17. The van der Waals surface area contributed by atoms with Crippen LogP contribution in [-0.2, 0) is 9.53 Å². The summed E-state index contributed by atoms with van der Waals surface area (Å²) >= 11 is 0. The van der Waals surface area contributed by atoms with Crippen molar-refractivity contribution in [3.63, 3.8) is 0 Å². The van der Waals surface area contributed by atoms with E-state index < -0.39 is 24.0 Å². The van der Waals surface area contributed by atoms with E-state index in [2.05, 4.69) is 0 Å². The molecule has 0 radical (unpaired) electrons. The van der Waals surface area contributed by atoms with Crippen LogP contribution in [0.3, 0.4) is 0 Å². The minimum Gasteiger partial charge on any atom is -0.481 e. The molecular formula is C11H19F3O3. The second kappa shape index (κ2) is 6.83. The maximum Gasteiger partial charge on any atom is 0.391 e. The minimum absolute atomic E-state index is 0.242. The predicted molar refractivity (Wildman–Crippen MR) is 56.8 cm³/mol. The Balaban J connectivity index is 3.45. The van der Waals surface area contributed by atoms with E-state index in [0.717, 1.165) is 0 Å². The van der Waals surface area contributed by atoms with Crippen molar-refractivity contribution in [2.45, 2.75) is 45.7 Å². The van der Waals surface area contributed by atoms with Crippen LogP contribution in [0.4, 0.5) is 13.2 Å². The first-order valence-electron chi connectivity index (χ1n) is 5.53. The lowest BCUT2D eigenvalue weighted by atomic mass is 9.87. The summed E-state index contributed by atoms with van der Waals surface area (Å²) in [5.74, 6) is -0.865.